The summed E-state index contributed by atoms with van der Waals surface area (Å²) in [5.41, 5.74) is 0.328. The summed E-state index contributed by atoms with van der Waals surface area (Å²) in [6.07, 6.45) is 0. The molecular formula is C9H5O2S. The van der Waals surface area contributed by atoms with Crippen LogP contribution in [0.5, 0.6) is 0 Å². The minimum absolute atomic E-state index is 0.328. The third-order valence-corrected chi connectivity index (χ3v) is 2.48. The summed E-state index contributed by atoms with van der Waals surface area (Å²) < 4.78 is 0.968. The molecule has 0 saturated heterocycles. The SMILES string of the molecule is O=C(O)c1cccc2sc[c]c12. The quantitative estimate of drug-likeness (QED) is 0.726. The maximum atomic E-state index is 10.7. The third-order valence-electron chi connectivity index (χ3n) is 1.65. The van der Waals surface area contributed by atoms with Crippen LogP contribution in [0, 0.1) is 6.07 Å². The Bertz CT molecular complexity index is 431. The van der Waals surface area contributed by atoms with E-state index in [1.54, 1.807) is 17.5 Å². The van der Waals surface area contributed by atoms with E-state index in [0.717, 1.165) is 4.70 Å². The van der Waals surface area contributed by atoms with Gasteiger partial charge in [0.1, 0.15) is 0 Å². The van der Waals surface area contributed by atoms with Gasteiger partial charge in [-0.25, -0.2) is 4.79 Å². The summed E-state index contributed by atoms with van der Waals surface area (Å²) in [5.74, 6) is -0.893. The van der Waals surface area contributed by atoms with Gasteiger partial charge < -0.3 is 5.11 Å². The van der Waals surface area contributed by atoms with Gasteiger partial charge in [-0.15, -0.1) is 11.3 Å². The first kappa shape index (κ1) is 7.31. The number of thiophene rings is 1. The van der Waals surface area contributed by atoms with Crippen molar-refractivity contribution in [1.29, 1.82) is 0 Å². The fourth-order valence-corrected chi connectivity index (χ4v) is 1.86. The smallest absolute Gasteiger partial charge is 0.336 e. The molecule has 0 aliphatic heterocycles. The van der Waals surface area contributed by atoms with E-state index < -0.39 is 5.97 Å². The fourth-order valence-electron chi connectivity index (χ4n) is 1.11. The molecule has 59 valence electrons. The monoisotopic (exact) mass is 177 g/mol. The highest BCUT2D eigenvalue weighted by molar-refractivity contribution is 7.17. The first-order chi connectivity index (χ1) is 5.79. The first-order valence-corrected chi connectivity index (χ1v) is 4.28. The van der Waals surface area contributed by atoms with E-state index in [0.29, 0.717) is 10.9 Å². The molecule has 1 aromatic carbocycles. The molecule has 2 rings (SSSR count). The van der Waals surface area contributed by atoms with Crippen LogP contribution in [0.1, 0.15) is 10.4 Å². The van der Waals surface area contributed by atoms with Crippen LogP contribution < -0.4 is 0 Å². The van der Waals surface area contributed by atoms with Crippen LogP contribution in [0.4, 0.5) is 0 Å². The molecule has 0 aliphatic rings. The number of fused-ring (bicyclic) bond motifs is 1. The summed E-state index contributed by atoms with van der Waals surface area (Å²) >= 11 is 1.50. The van der Waals surface area contributed by atoms with Crippen LogP contribution >= 0.6 is 11.3 Å². The lowest BCUT2D eigenvalue weighted by Gasteiger charge is -1.94. The summed E-state index contributed by atoms with van der Waals surface area (Å²) in [5, 5.41) is 11.3. The predicted octanol–water partition coefficient (Wildman–Crippen LogP) is 2.40. The Balaban J connectivity index is 2.82. The van der Waals surface area contributed by atoms with Crippen molar-refractivity contribution in [3.8, 4) is 0 Å². The highest BCUT2D eigenvalue weighted by Gasteiger charge is 2.07. The highest BCUT2D eigenvalue weighted by Crippen LogP contribution is 2.23. The average molecular weight is 177 g/mol. The zero-order valence-electron chi connectivity index (χ0n) is 6.07. The Hall–Kier alpha value is -1.35. The highest BCUT2D eigenvalue weighted by atomic mass is 32.1. The van der Waals surface area contributed by atoms with Crippen molar-refractivity contribution < 1.29 is 9.90 Å². The number of carboxylic acids is 1. The largest absolute Gasteiger partial charge is 0.478 e. The number of carboxylic acid groups (broad SMARTS) is 1. The Morgan fingerprint density at radius 2 is 2.33 bits per heavy atom. The van der Waals surface area contributed by atoms with Gasteiger partial charge >= 0.3 is 5.97 Å². The molecule has 12 heavy (non-hydrogen) atoms. The molecule has 0 atom stereocenters. The third kappa shape index (κ3) is 0.987. The van der Waals surface area contributed by atoms with Gasteiger partial charge in [0.25, 0.3) is 0 Å². The molecule has 0 aliphatic carbocycles. The van der Waals surface area contributed by atoms with Gasteiger partial charge in [0.2, 0.25) is 0 Å². The van der Waals surface area contributed by atoms with Crippen molar-refractivity contribution in [2.45, 2.75) is 0 Å². The molecule has 1 aromatic heterocycles. The molecule has 0 amide bonds. The zero-order chi connectivity index (χ0) is 8.55. The van der Waals surface area contributed by atoms with Gasteiger partial charge in [0, 0.05) is 16.2 Å². The topological polar surface area (TPSA) is 37.3 Å². The molecule has 2 nitrogen and oxygen atoms in total. The van der Waals surface area contributed by atoms with E-state index in [4.69, 9.17) is 5.11 Å². The van der Waals surface area contributed by atoms with Crippen molar-refractivity contribution in [3.63, 3.8) is 0 Å². The molecule has 0 bridgehead atoms. The lowest BCUT2D eigenvalue weighted by atomic mass is 10.1. The van der Waals surface area contributed by atoms with Crippen molar-refractivity contribution in [1.82, 2.24) is 0 Å². The number of carbonyl (C=O) groups is 1. The summed E-state index contributed by atoms with van der Waals surface area (Å²) in [4.78, 5) is 10.7. The van der Waals surface area contributed by atoms with E-state index in [2.05, 4.69) is 6.07 Å². The Morgan fingerprint density at radius 1 is 1.50 bits per heavy atom. The molecule has 0 saturated carbocycles. The van der Waals surface area contributed by atoms with Crippen molar-refractivity contribution in [2.75, 3.05) is 0 Å². The Morgan fingerprint density at radius 3 is 3.08 bits per heavy atom. The maximum absolute atomic E-state index is 10.7. The molecule has 3 heteroatoms. The first-order valence-electron chi connectivity index (χ1n) is 3.40. The van der Waals surface area contributed by atoms with E-state index in [1.165, 1.54) is 11.3 Å². The molecule has 1 heterocycles. The Labute approximate surface area is 73.1 Å². The van der Waals surface area contributed by atoms with Crippen molar-refractivity contribution in [3.05, 3.63) is 35.2 Å². The zero-order valence-corrected chi connectivity index (χ0v) is 6.89. The second-order valence-corrected chi connectivity index (χ2v) is 3.28. The van der Waals surface area contributed by atoms with Gasteiger partial charge in [-0.3, -0.25) is 0 Å². The Kier molecular flexibility index (Phi) is 1.59. The van der Waals surface area contributed by atoms with Crippen molar-refractivity contribution >= 4 is 27.4 Å². The molecule has 0 fully saturated rings. The lowest BCUT2D eigenvalue weighted by molar-refractivity contribution is 0.0699. The van der Waals surface area contributed by atoms with Gasteiger partial charge in [0.15, 0.2) is 0 Å². The minimum Gasteiger partial charge on any atom is -0.478 e. The van der Waals surface area contributed by atoms with Crippen LogP contribution in [0.2, 0.25) is 0 Å². The van der Waals surface area contributed by atoms with Gasteiger partial charge in [-0.1, -0.05) is 6.07 Å². The summed E-state index contributed by atoms with van der Waals surface area (Å²) in [6, 6.07) is 8.14. The molecule has 0 spiro atoms. The van der Waals surface area contributed by atoms with Crippen molar-refractivity contribution in [2.24, 2.45) is 0 Å². The number of hydrogen-bond acceptors (Lipinski definition) is 2. The normalized spacial score (nSPS) is 10.3. The van der Waals surface area contributed by atoms with E-state index in [-0.39, 0.29) is 0 Å². The number of hydrogen-bond donors (Lipinski definition) is 1. The number of benzene rings is 1. The molecule has 2 aromatic rings. The van der Waals surface area contributed by atoms with Crippen LogP contribution in [0.25, 0.3) is 10.1 Å². The van der Waals surface area contributed by atoms with Gasteiger partial charge in [-0.05, 0) is 17.5 Å². The average Bonchev–Trinajstić information content (AvgIpc) is 2.49. The molecule has 1 radical (unpaired) electrons. The van der Waals surface area contributed by atoms with Crippen LogP contribution in [0.3, 0.4) is 0 Å². The van der Waals surface area contributed by atoms with Crippen LogP contribution in [0.15, 0.2) is 23.6 Å². The number of rotatable bonds is 1. The summed E-state index contributed by atoms with van der Waals surface area (Å²) in [7, 11) is 0. The molecule has 0 unspecified atom stereocenters. The second-order valence-electron chi connectivity index (χ2n) is 2.36. The van der Waals surface area contributed by atoms with E-state index in [1.807, 2.05) is 6.07 Å². The maximum Gasteiger partial charge on any atom is 0.336 e. The van der Waals surface area contributed by atoms with E-state index >= 15 is 0 Å². The molecular weight excluding hydrogens is 172 g/mol. The lowest BCUT2D eigenvalue weighted by Crippen LogP contribution is -1.95. The van der Waals surface area contributed by atoms with Crippen LogP contribution in [-0.4, -0.2) is 11.1 Å². The van der Waals surface area contributed by atoms with Crippen LogP contribution in [-0.2, 0) is 0 Å². The predicted molar refractivity (Wildman–Crippen MR) is 47.6 cm³/mol. The van der Waals surface area contributed by atoms with Gasteiger partial charge in [-0.2, -0.15) is 0 Å². The van der Waals surface area contributed by atoms with Gasteiger partial charge in [0.05, 0.1) is 5.56 Å². The standard InChI is InChI=1S/C9H5O2S/c10-9(11)7-2-1-3-8-6(7)4-5-12-8/h1-3,5H,(H,10,11). The van der Waals surface area contributed by atoms with E-state index in [9.17, 15) is 4.79 Å². The number of aromatic carboxylic acids is 1. The minimum atomic E-state index is -0.893. The fraction of sp³-hybridized carbons (Fsp3) is 0. The summed E-state index contributed by atoms with van der Waals surface area (Å²) in [6.45, 7) is 0. The molecule has 1 N–H and O–H groups in total. The second kappa shape index (κ2) is 2.60.